The van der Waals surface area contributed by atoms with E-state index in [0.717, 1.165) is 17.2 Å². The lowest BCUT2D eigenvalue weighted by molar-refractivity contribution is -0.185. The van der Waals surface area contributed by atoms with E-state index in [1.807, 2.05) is 67.5 Å². The summed E-state index contributed by atoms with van der Waals surface area (Å²) in [4.78, 5) is 45.0. The number of phenols is 2. The Bertz CT molecular complexity index is 1540. The van der Waals surface area contributed by atoms with Gasteiger partial charge in [0.2, 0.25) is 0 Å². The summed E-state index contributed by atoms with van der Waals surface area (Å²) in [5, 5.41) is 30.9. The number of ketones is 3. The van der Waals surface area contributed by atoms with Crippen LogP contribution < -0.4 is 0 Å². The first-order valence-corrected chi connectivity index (χ1v) is 15.9. The molecule has 0 aromatic heterocycles. The van der Waals surface area contributed by atoms with Crippen LogP contribution >= 0.6 is 0 Å². The molecule has 1 spiro atoms. The van der Waals surface area contributed by atoms with Gasteiger partial charge < -0.3 is 20.1 Å². The van der Waals surface area contributed by atoms with Crippen molar-refractivity contribution in [3.05, 3.63) is 70.5 Å². The molecule has 7 nitrogen and oxygen atoms in total. The zero-order valence-corrected chi connectivity index (χ0v) is 28.5. The predicted octanol–water partition coefficient (Wildman–Crippen LogP) is 7.56. The Hall–Kier alpha value is -3.45. The molecule has 1 saturated carbocycles. The predicted molar refractivity (Wildman–Crippen MR) is 175 cm³/mol. The number of aromatic hydroxyl groups is 2. The van der Waals surface area contributed by atoms with Crippen LogP contribution in [0.5, 0.6) is 11.5 Å². The summed E-state index contributed by atoms with van der Waals surface area (Å²) in [6.07, 6.45) is 9.18. The lowest BCUT2D eigenvalue weighted by atomic mass is 9.39. The number of Topliss-reactive ketones (excluding diaryl/α,β-unsaturated/α-hetero) is 3. The van der Waals surface area contributed by atoms with E-state index in [-0.39, 0.29) is 46.7 Å². The maximum atomic E-state index is 15.3. The van der Waals surface area contributed by atoms with Crippen molar-refractivity contribution >= 4 is 17.3 Å². The van der Waals surface area contributed by atoms with Crippen molar-refractivity contribution < 1.29 is 34.4 Å². The highest BCUT2D eigenvalue weighted by molar-refractivity contribution is 6.35. The highest BCUT2D eigenvalue weighted by Crippen LogP contribution is 2.69. The molecule has 3 N–H and O–H groups in total. The average molecular weight is 619 g/mol. The molecule has 1 aromatic carbocycles. The Kier molecular flexibility index (Phi) is 8.73. The minimum absolute atomic E-state index is 0.0189. The molecule has 1 aromatic rings. The first-order valence-electron chi connectivity index (χ1n) is 15.9. The zero-order chi connectivity index (χ0) is 33.9. The van der Waals surface area contributed by atoms with E-state index in [1.54, 1.807) is 19.9 Å². The second-order valence-corrected chi connectivity index (χ2v) is 15.5. The van der Waals surface area contributed by atoms with Crippen LogP contribution in [0.25, 0.3) is 0 Å². The molecule has 7 heteroatoms. The molecular weight excluding hydrogens is 568 g/mol. The largest absolute Gasteiger partial charge is 0.504 e. The molecule has 1 unspecified atom stereocenters. The van der Waals surface area contributed by atoms with Gasteiger partial charge in [0.25, 0.3) is 0 Å². The van der Waals surface area contributed by atoms with Gasteiger partial charge in [-0.1, -0.05) is 49.3 Å². The molecule has 4 rings (SSSR count). The summed E-state index contributed by atoms with van der Waals surface area (Å²) < 4.78 is 6.77. The fraction of sp³-hybridized carbons (Fsp3) is 0.553. The minimum atomic E-state index is -1.60. The lowest BCUT2D eigenvalue weighted by Gasteiger charge is -2.63. The number of benzene rings is 1. The van der Waals surface area contributed by atoms with Gasteiger partial charge in [-0.2, -0.15) is 0 Å². The Labute approximate surface area is 267 Å². The average Bonchev–Trinajstić information content (AvgIpc) is 2.90. The van der Waals surface area contributed by atoms with E-state index < -0.39 is 44.8 Å². The number of ether oxygens (including phenoxy) is 1. The Morgan fingerprint density at radius 2 is 1.60 bits per heavy atom. The van der Waals surface area contributed by atoms with Crippen LogP contribution in [-0.4, -0.2) is 43.9 Å². The summed E-state index contributed by atoms with van der Waals surface area (Å²) in [6.45, 7) is 19.0. The monoisotopic (exact) mass is 618 g/mol. The van der Waals surface area contributed by atoms with E-state index in [1.165, 1.54) is 12.1 Å². The summed E-state index contributed by atoms with van der Waals surface area (Å²) in [5.74, 6) is -2.61. The van der Waals surface area contributed by atoms with Crippen LogP contribution in [0.4, 0.5) is 0 Å². The number of fused-ring (bicyclic) bond motifs is 1. The van der Waals surface area contributed by atoms with Gasteiger partial charge in [-0.3, -0.25) is 14.4 Å². The van der Waals surface area contributed by atoms with Crippen molar-refractivity contribution in [2.24, 2.45) is 28.1 Å². The molecule has 4 atom stereocenters. The normalized spacial score (nSPS) is 28.8. The van der Waals surface area contributed by atoms with Crippen molar-refractivity contribution in [3.8, 4) is 11.5 Å². The third-order valence-electron chi connectivity index (χ3n) is 10.5. The van der Waals surface area contributed by atoms with Gasteiger partial charge in [0.1, 0.15) is 22.3 Å². The molecule has 244 valence electrons. The SMILES string of the molecule is CC(C)=CC[C@H]1C[C@@]23CC(/C=C/C(C)(C)O)C(C)(C)[C@@](CC=C(C)C)(C(=O)C(C(=O)c4ccc(O)c(O)c4)=C2OC1(C)C)C3=O. The second-order valence-electron chi connectivity index (χ2n) is 15.5. The molecule has 3 aliphatic rings. The number of allylic oxidation sites excluding steroid dienone is 7. The maximum Gasteiger partial charge on any atom is 0.200 e. The van der Waals surface area contributed by atoms with E-state index in [2.05, 4.69) is 6.08 Å². The number of phenolic OH excluding ortho intramolecular Hbond substituents is 2. The number of rotatable bonds is 8. The highest BCUT2D eigenvalue weighted by Gasteiger charge is 2.74. The molecule has 0 radical (unpaired) electrons. The zero-order valence-electron chi connectivity index (χ0n) is 28.5. The number of aliphatic hydroxyl groups is 1. The molecule has 45 heavy (non-hydrogen) atoms. The molecule has 1 heterocycles. The summed E-state index contributed by atoms with van der Waals surface area (Å²) in [6, 6.07) is 3.72. The Morgan fingerprint density at radius 3 is 2.16 bits per heavy atom. The van der Waals surface area contributed by atoms with Crippen LogP contribution in [0.15, 0.2) is 65.0 Å². The molecular formula is C38H50O7. The van der Waals surface area contributed by atoms with E-state index in [4.69, 9.17) is 4.74 Å². The molecule has 2 fully saturated rings. The van der Waals surface area contributed by atoms with Crippen LogP contribution in [0.2, 0.25) is 0 Å². The molecule has 1 aliphatic heterocycles. The lowest BCUT2D eigenvalue weighted by Crippen LogP contribution is -2.69. The standard InChI is InChI=1S/C38H50O7/c1-22(2)11-13-26-21-37-20-25(16-17-34(5,6)44)35(7,8)38(33(37)43,18-15-23(3)4)31(42)29(32(37)45-36(26,9)10)30(41)24-12-14-27(39)28(40)19-24/h11-12,14-17,19,25-26,39-40,44H,13,18,20-21H2,1-10H3/b17-16+/t25?,26-,37-,38-/m0/s1. The Balaban J connectivity index is 2.11. The van der Waals surface area contributed by atoms with Crippen LogP contribution in [0.3, 0.4) is 0 Å². The van der Waals surface area contributed by atoms with Crippen LogP contribution in [0.1, 0.15) is 105 Å². The fourth-order valence-electron chi connectivity index (χ4n) is 7.54. The molecule has 2 aliphatic carbocycles. The van der Waals surface area contributed by atoms with Gasteiger partial charge in [0.05, 0.1) is 11.0 Å². The van der Waals surface area contributed by atoms with Crippen molar-refractivity contribution in [1.82, 2.24) is 0 Å². The van der Waals surface area contributed by atoms with Gasteiger partial charge in [-0.15, -0.1) is 0 Å². The molecule has 0 amide bonds. The topological polar surface area (TPSA) is 121 Å². The minimum Gasteiger partial charge on any atom is -0.504 e. The quantitative estimate of drug-likeness (QED) is 0.0904. The van der Waals surface area contributed by atoms with Gasteiger partial charge in [0, 0.05) is 11.5 Å². The van der Waals surface area contributed by atoms with Crippen molar-refractivity contribution in [1.29, 1.82) is 0 Å². The van der Waals surface area contributed by atoms with Crippen LogP contribution in [-0.2, 0) is 14.3 Å². The number of hydrogen-bond donors (Lipinski definition) is 3. The van der Waals surface area contributed by atoms with Gasteiger partial charge in [-0.05, 0) is 111 Å². The van der Waals surface area contributed by atoms with E-state index in [9.17, 15) is 20.1 Å². The first kappa shape index (κ1) is 34.4. The van der Waals surface area contributed by atoms with E-state index in [0.29, 0.717) is 19.3 Å². The van der Waals surface area contributed by atoms with Gasteiger partial charge in [0.15, 0.2) is 28.8 Å². The highest BCUT2D eigenvalue weighted by atomic mass is 16.5. The first-order chi connectivity index (χ1) is 20.6. The van der Waals surface area contributed by atoms with Crippen LogP contribution in [0, 0.1) is 28.1 Å². The number of hydrogen-bond acceptors (Lipinski definition) is 7. The number of carbonyl (C=O) groups is 3. The smallest absolute Gasteiger partial charge is 0.200 e. The summed E-state index contributed by atoms with van der Waals surface area (Å²) in [7, 11) is 0. The molecule has 2 bridgehead atoms. The third-order valence-corrected chi connectivity index (χ3v) is 10.5. The summed E-state index contributed by atoms with van der Waals surface area (Å²) >= 11 is 0. The number of carbonyl (C=O) groups excluding carboxylic acids is 3. The molecule has 1 saturated heterocycles. The van der Waals surface area contributed by atoms with Crippen molar-refractivity contribution in [3.63, 3.8) is 0 Å². The summed E-state index contributed by atoms with van der Waals surface area (Å²) in [5.41, 5.74) is -3.79. The second kappa shape index (κ2) is 11.4. The maximum absolute atomic E-state index is 15.3. The van der Waals surface area contributed by atoms with Crippen molar-refractivity contribution in [2.45, 2.75) is 106 Å². The Morgan fingerprint density at radius 1 is 0.978 bits per heavy atom. The van der Waals surface area contributed by atoms with E-state index >= 15 is 9.59 Å². The van der Waals surface area contributed by atoms with Gasteiger partial charge in [-0.25, -0.2) is 0 Å². The van der Waals surface area contributed by atoms with Crippen molar-refractivity contribution in [2.75, 3.05) is 0 Å². The van der Waals surface area contributed by atoms with Gasteiger partial charge >= 0.3 is 0 Å². The third kappa shape index (κ3) is 5.73. The fourth-order valence-corrected chi connectivity index (χ4v) is 7.54.